The van der Waals surface area contributed by atoms with Crippen molar-refractivity contribution in [2.24, 2.45) is 0 Å². The number of aromatic nitrogens is 2. The maximum atomic E-state index is 4.78. The first-order valence-electron chi connectivity index (χ1n) is 6.10. The van der Waals surface area contributed by atoms with Gasteiger partial charge in [-0.1, -0.05) is 29.8 Å². The van der Waals surface area contributed by atoms with Crippen molar-refractivity contribution in [1.29, 1.82) is 0 Å². The molecule has 0 aliphatic heterocycles. The Morgan fingerprint density at radius 3 is 2.22 bits per heavy atom. The smallest absolute Gasteiger partial charge is 0.194 e. The molecule has 0 spiro atoms. The number of thiazole rings is 1. The number of benzene rings is 1. The molecule has 3 heteroatoms. The molecule has 0 fully saturated rings. The number of rotatable bonds is 1. The molecule has 2 aromatic heterocycles. The van der Waals surface area contributed by atoms with Gasteiger partial charge in [-0.3, -0.25) is 4.40 Å². The van der Waals surface area contributed by atoms with E-state index in [0.717, 1.165) is 10.7 Å². The van der Waals surface area contributed by atoms with Gasteiger partial charge >= 0.3 is 0 Å². The second-order valence-corrected chi connectivity index (χ2v) is 5.96. The summed E-state index contributed by atoms with van der Waals surface area (Å²) in [6.07, 6.45) is 0. The molecule has 0 radical (unpaired) electrons. The Bertz CT molecular complexity index is 717. The lowest BCUT2D eigenvalue weighted by Crippen LogP contribution is -1.89. The predicted octanol–water partition coefficient (Wildman–Crippen LogP) is 4.30. The average molecular weight is 256 g/mol. The molecule has 3 aromatic rings. The van der Waals surface area contributed by atoms with E-state index < -0.39 is 0 Å². The van der Waals surface area contributed by atoms with Crippen molar-refractivity contribution in [2.45, 2.75) is 27.7 Å². The van der Waals surface area contributed by atoms with Crippen LogP contribution in [0.15, 0.2) is 24.3 Å². The van der Waals surface area contributed by atoms with Crippen LogP contribution in [0.5, 0.6) is 0 Å². The van der Waals surface area contributed by atoms with Crippen LogP contribution in [0.4, 0.5) is 0 Å². The van der Waals surface area contributed by atoms with E-state index in [0.29, 0.717) is 0 Å². The van der Waals surface area contributed by atoms with Gasteiger partial charge in [-0.05, 0) is 27.7 Å². The van der Waals surface area contributed by atoms with Gasteiger partial charge in [-0.25, -0.2) is 4.98 Å². The molecule has 0 atom stereocenters. The van der Waals surface area contributed by atoms with Crippen molar-refractivity contribution >= 4 is 16.3 Å². The Morgan fingerprint density at radius 2 is 1.61 bits per heavy atom. The van der Waals surface area contributed by atoms with Crippen molar-refractivity contribution in [2.75, 3.05) is 0 Å². The largest absolute Gasteiger partial charge is 0.291 e. The quantitative estimate of drug-likeness (QED) is 0.634. The van der Waals surface area contributed by atoms with Crippen LogP contribution in [-0.2, 0) is 0 Å². The summed E-state index contributed by atoms with van der Waals surface area (Å²) in [6, 6.07) is 8.58. The average Bonchev–Trinajstić information content (AvgIpc) is 2.80. The van der Waals surface area contributed by atoms with Crippen LogP contribution >= 0.6 is 11.3 Å². The topological polar surface area (TPSA) is 17.3 Å². The minimum Gasteiger partial charge on any atom is -0.291 e. The lowest BCUT2D eigenvalue weighted by atomic mass is 10.1. The zero-order valence-corrected chi connectivity index (χ0v) is 11.9. The van der Waals surface area contributed by atoms with Crippen LogP contribution in [0, 0.1) is 27.7 Å². The summed E-state index contributed by atoms with van der Waals surface area (Å²) in [6.45, 7) is 8.57. The molecule has 2 nitrogen and oxygen atoms in total. The van der Waals surface area contributed by atoms with Gasteiger partial charge in [0, 0.05) is 21.8 Å². The minimum atomic E-state index is 1.10. The SMILES string of the molecule is Cc1ccc(-c2nc3sc(C)c(C)n3c2C)cc1. The number of fused-ring (bicyclic) bond motifs is 1. The Morgan fingerprint density at radius 1 is 0.944 bits per heavy atom. The van der Waals surface area contributed by atoms with Crippen LogP contribution in [0.2, 0.25) is 0 Å². The van der Waals surface area contributed by atoms with Crippen LogP contribution in [0.1, 0.15) is 21.8 Å². The Labute approximate surface area is 111 Å². The summed E-state index contributed by atoms with van der Waals surface area (Å²) < 4.78 is 2.26. The highest BCUT2D eigenvalue weighted by Gasteiger charge is 2.14. The number of aryl methyl sites for hydroxylation is 4. The standard InChI is InChI=1S/C15H16N2S/c1-9-5-7-13(8-6-9)14-11(3)17-10(2)12(4)18-15(17)16-14/h5-8H,1-4H3. The minimum absolute atomic E-state index is 1.10. The van der Waals surface area contributed by atoms with E-state index in [4.69, 9.17) is 4.98 Å². The van der Waals surface area contributed by atoms with Gasteiger partial charge in [0.15, 0.2) is 4.96 Å². The summed E-state index contributed by atoms with van der Waals surface area (Å²) in [4.78, 5) is 7.21. The van der Waals surface area contributed by atoms with Crippen molar-refractivity contribution in [1.82, 2.24) is 9.38 Å². The van der Waals surface area contributed by atoms with Gasteiger partial charge in [-0.2, -0.15) is 0 Å². The molecule has 0 saturated carbocycles. The third-order valence-corrected chi connectivity index (χ3v) is 4.55. The molecule has 0 aliphatic rings. The first kappa shape index (κ1) is 11.5. The lowest BCUT2D eigenvalue weighted by Gasteiger charge is -2.01. The van der Waals surface area contributed by atoms with Gasteiger partial charge < -0.3 is 0 Å². The zero-order chi connectivity index (χ0) is 12.9. The molecule has 0 N–H and O–H groups in total. The van der Waals surface area contributed by atoms with Crippen molar-refractivity contribution in [3.05, 3.63) is 46.1 Å². The van der Waals surface area contributed by atoms with Crippen molar-refractivity contribution < 1.29 is 0 Å². The number of hydrogen-bond acceptors (Lipinski definition) is 2. The summed E-state index contributed by atoms with van der Waals surface area (Å²) in [7, 11) is 0. The number of nitrogens with zero attached hydrogens (tertiary/aromatic N) is 2. The van der Waals surface area contributed by atoms with Crippen molar-refractivity contribution in [3.8, 4) is 11.3 Å². The number of hydrogen-bond donors (Lipinski definition) is 0. The van der Waals surface area contributed by atoms with Crippen LogP contribution in [0.25, 0.3) is 16.2 Å². The molecule has 18 heavy (non-hydrogen) atoms. The third-order valence-electron chi connectivity index (χ3n) is 3.49. The van der Waals surface area contributed by atoms with E-state index in [1.54, 1.807) is 11.3 Å². The highest BCUT2D eigenvalue weighted by molar-refractivity contribution is 7.17. The second-order valence-electron chi connectivity index (χ2n) is 4.77. The van der Waals surface area contributed by atoms with E-state index in [-0.39, 0.29) is 0 Å². The fourth-order valence-corrected chi connectivity index (χ4v) is 3.31. The molecule has 2 heterocycles. The van der Waals surface area contributed by atoms with Crippen LogP contribution in [0.3, 0.4) is 0 Å². The molecule has 0 aliphatic carbocycles. The highest BCUT2D eigenvalue weighted by atomic mass is 32.1. The molecule has 0 saturated heterocycles. The summed E-state index contributed by atoms with van der Waals surface area (Å²) >= 11 is 1.76. The fourth-order valence-electron chi connectivity index (χ4n) is 2.29. The van der Waals surface area contributed by atoms with E-state index in [2.05, 4.69) is 56.4 Å². The predicted molar refractivity (Wildman–Crippen MR) is 77.5 cm³/mol. The molecule has 1 aromatic carbocycles. The van der Waals surface area contributed by atoms with Crippen LogP contribution < -0.4 is 0 Å². The van der Waals surface area contributed by atoms with Gasteiger partial charge in [0.2, 0.25) is 0 Å². The first-order valence-corrected chi connectivity index (χ1v) is 6.91. The second kappa shape index (κ2) is 3.95. The lowest BCUT2D eigenvalue weighted by molar-refractivity contribution is 1.05. The third kappa shape index (κ3) is 1.58. The van der Waals surface area contributed by atoms with E-state index >= 15 is 0 Å². The molecule has 0 unspecified atom stereocenters. The van der Waals surface area contributed by atoms with Gasteiger partial charge in [0.1, 0.15) is 0 Å². The van der Waals surface area contributed by atoms with E-state index in [9.17, 15) is 0 Å². The highest BCUT2D eigenvalue weighted by Crippen LogP contribution is 2.30. The maximum Gasteiger partial charge on any atom is 0.194 e. The summed E-state index contributed by atoms with van der Waals surface area (Å²) in [5.74, 6) is 0. The zero-order valence-electron chi connectivity index (χ0n) is 11.1. The molecular weight excluding hydrogens is 240 g/mol. The van der Waals surface area contributed by atoms with Crippen molar-refractivity contribution in [3.63, 3.8) is 0 Å². The molecule has 0 amide bonds. The molecule has 92 valence electrons. The molecular formula is C15H16N2S. The summed E-state index contributed by atoms with van der Waals surface area (Å²) in [5.41, 5.74) is 6.12. The Balaban J connectivity index is 2.24. The van der Waals surface area contributed by atoms with Gasteiger partial charge in [-0.15, -0.1) is 11.3 Å². The van der Waals surface area contributed by atoms with Gasteiger partial charge in [0.05, 0.1) is 5.69 Å². The summed E-state index contributed by atoms with van der Waals surface area (Å²) in [5, 5.41) is 0. The Kier molecular flexibility index (Phi) is 2.52. The maximum absolute atomic E-state index is 4.78. The van der Waals surface area contributed by atoms with E-state index in [1.165, 1.54) is 27.4 Å². The van der Waals surface area contributed by atoms with E-state index in [1.807, 2.05) is 0 Å². The fraction of sp³-hybridized carbons (Fsp3) is 0.267. The first-order chi connectivity index (χ1) is 8.58. The normalized spacial score (nSPS) is 11.3. The Hall–Kier alpha value is -1.61. The molecule has 0 bridgehead atoms. The number of imidazole rings is 1. The van der Waals surface area contributed by atoms with Gasteiger partial charge in [0.25, 0.3) is 0 Å². The molecule has 3 rings (SSSR count). The monoisotopic (exact) mass is 256 g/mol. The van der Waals surface area contributed by atoms with Crippen LogP contribution in [-0.4, -0.2) is 9.38 Å².